The fraction of sp³-hybridized carbons (Fsp3) is 0.556. The van der Waals surface area contributed by atoms with Crippen LogP contribution in [-0.4, -0.2) is 51.4 Å². The zero-order valence-electron chi connectivity index (χ0n) is 14.1. The molecule has 1 aromatic rings. The normalized spacial score (nSPS) is 18.5. The van der Waals surface area contributed by atoms with E-state index in [0.717, 1.165) is 37.8 Å². The first-order valence-corrected chi connectivity index (χ1v) is 10.0. The third-order valence-electron chi connectivity index (χ3n) is 4.72. The molecule has 0 N–H and O–H groups in total. The summed E-state index contributed by atoms with van der Waals surface area (Å²) in [4.78, 5) is 2.18. The van der Waals surface area contributed by atoms with Crippen LogP contribution < -0.4 is 0 Å². The molecule has 126 valence electrons. The SMILES string of the molecule is CN(C)CCC1=CCc2ccc(CS(=O)(=O)N3CCCC3)cc21. The molecule has 23 heavy (non-hydrogen) atoms. The lowest BCUT2D eigenvalue weighted by molar-refractivity contribution is 0.419. The topological polar surface area (TPSA) is 40.6 Å². The Hall–Kier alpha value is -1.17. The summed E-state index contributed by atoms with van der Waals surface area (Å²) in [6.07, 6.45) is 6.24. The quantitative estimate of drug-likeness (QED) is 0.802. The number of hydrogen-bond donors (Lipinski definition) is 0. The van der Waals surface area contributed by atoms with Gasteiger partial charge in [0.1, 0.15) is 0 Å². The van der Waals surface area contributed by atoms with Crippen molar-refractivity contribution >= 4 is 15.6 Å². The Labute approximate surface area is 139 Å². The second-order valence-corrected chi connectivity index (χ2v) is 8.81. The minimum Gasteiger partial charge on any atom is -0.309 e. The zero-order chi connectivity index (χ0) is 16.4. The van der Waals surface area contributed by atoms with Gasteiger partial charge < -0.3 is 4.90 Å². The van der Waals surface area contributed by atoms with E-state index in [4.69, 9.17) is 0 Å². The maximum absolute atomic E-state index is 12.5. The van der Waals surface area contributed by atoms with Crippen LogP contribution in [-0.2, 0) is 22.2 Å². The molecule has 1 saturated heterocycles. The van der Waals surface area contributed by atoms with E-state index in [1.165, 1.54) is 16.7 Å². The second-order valence-electron chi connectivity index (χ2n) is 6.84. The molecule has 0 unspecified atom stereocenters. The molecule has 0 spiro atoms. The third kappa shape index (κ3) is 3.84. The van der Waals surface area contributed by atoms with Crippen molar-refractivity contribution in [2.75, 3.05) is 33.7 Å². The number of rotatable bonds is 6. The lowest BCUT2D eigenvalue weighted by Crippen LogP contribution is -2.29. The minimum atomic E-state index is -3.17. The largest absolute Gasteiger partial charge is 0.309 e. The highest BCUT2D eigenvalue weighted by Crippen LogP contribution is 2.31. The molecule has 0 radical (unpaired) electrons. The fourth-order valence-corrected chi connectivity index (χ4v) is 4.98. The highest BCUT2D eigenvalue weighted by molar-refractivity contribution is 7.88. The summed E-state index contributed by atoms with van der Waals surface area (Å²) in [6, 6.07) is 6.18. The molecular weight excluding hydrogens is 308 g/mol. The van der Waals surface area contributed by atoms with Gasteiger partial charge in [0.2, 0.25) is 10.0 Å². The van der Waals surface area contributed by atoms with E-state index in [9.17, 15) is 8.42 Å². The zero-order valence-corrected chi connectivity index (χ0v) is 14.9. The fourth-order valence-electron chi connectivity index (χ4n) is 3.38. The first-order valence-electron chi connectivity index (χ1n) is 8.39. The Morgan fingerprint density at radius 2 is 1.91 bits per heavy atom. The van der Waals surface area contributed by atoms with Gasteiger partial charge in [0.15, 0.2) is 0 Å². The van der Waals surface area contributed by atoms with Crippen molar-refractivity contribution in [2.45, 2.75) is 31.4 Å². The summed E-state index contributed by atoms with van der Waals surface area (Å²) in [5.74, 6) is 0.126. The molecule has 1 fully saturated rings. The lowest BCUT2D eigenvalue weighted by Gasteiger charge is -2.16. The van der Waals surface area contributed by atoms with Gasteiger partial charge in [-0.2, -0.15) is 0 Å². The van der Waals surface area contributed by atoms with Crippen LogP contribution in [0.3, 0.4) is 0 Å². The van der Waals surface area contributed by atoms with Crippen LogP contribution >= 0.6 is 0 Å². The van der Waals surface area contributed by atoms with E-state index in [2.05, 4.69) is 37.2 Å². The molecule has 3 rings (SSSR count). The Balaban J connectivity index is 1.76. The summed E-state index contributed by atoms with van der Waals surface area (Å²) in [7, 11) is 0.990. The molecule has 1 aliphatic carbocycles. The van der Waals surface area contributed by atoms with Crippen molar-refractivity contribution in [1.29, 1.82) is 0 Å². The monoisotopic (exact) mass is 334 g/mol. The molecule has 0 atom stereocenters. The maximum Gasteiger partial charge on any atom is 0.218 e. The number of nitrogens with zero attached hydrogens (tertiary/aromatic N) is 2. The van der Waals surface area contributed by atoms with Gasteiger partial charge in [-0.15, -0.1) is 0 Å². The minimum absolute atomic E-state index is 0.126. The van der Waals surface area contributed by atoms with Crippen LogP contribution in [0.5, 0.6) is 0 Å². The standard InChI is InChI=1S/C18H26N2O2S/c1-19(2)12-9-17-8-7-16-6-5-15(13-18(16)17)14-23(21,22)20-10-3-4-11-20/h5-6,8,13H,3-4,7,9-12,14H2,1-2H3. The average molecular weight is 334 g/mol. The van der Waals surface area contributed by atoms with Crippen molar-refractivity contribution in [3.63, 3.8) is 0 Å². The molecule has 4 nitrogen and oxygen atoms in total. The molecule has 1 aromatic carbocycles. The van der Waals surface area contributed by atoms with Gasteiger partial charge in [0, 0.05) is 19.6 Å². The van der Waals surface area contributed by atoms with E-state index in [0.29, 0.717) is 13.1 Å². The second kappa shape index (κ2) is 6.75. The van der Waals surface area contributed by atoms with Gasteiger partial charge in [0.25, 0.3) is 0 Å². The third-order valence-corrected chi connectivity index (χ3v) is 6.57. The number of allylic oxidation sites excluding steroid dienone is 1. The van der Waals surface area contributed by atoms with Crippen LogP contribution in [0.4, 0.5) is 0 Å². The van der Waals surface area contributed by atoms with Crippen LogP contribution in [0.25, 0.3) is 5.57 Å². The summed E-state index contributed by atoms with van der Waals surface area (Å²) >= 11 is 0. The molecule has 0 amide bonds. The lowest BCUT2D eigenvalue weighted by atomic mass is 10.0. The van der Waals surface area contributed by atoms with E-state index in [1.807, 2.05) is 6.07 Å². The molecule has 0 aromatic heterocycles. The van der Waals surface area contributed by atoms with E-state index in [1.54, 1.807) is 4.31 Å². The highest BCUT2D eigenvalue weighted by atomic mass is 32.2. The maximum atomic E-state index is 12.5. The van der Waals surface area contributed by atoms with Gasteiger partial charge >= 0.3 is 0 Å². The molecule has 2 aliphatic rings. The molecular formula is C18H26N2O2S. The van der Waals surface area contributed by atoms with Crippen molar-refractivity contribution in [2.24, 2.45) is 0 Å². The molecule has 1 aliphatic heterocycles. The van der Waals surface area contributed by atoms with Crippen molar-refractivity contribution in [3.8, 4) is 0 Å². The number of hydrogen-bond acceptors (Lipinski definition) is 3. The highest BCUT2D eigenvalue weighted by Gasteiger charge is 2.26. The Morgan fingerprint density at radius 3 is 2.61 bits per heavy atom. The predicted octanol–water partition coefficient (Wildman–Crippen LogP) is 2.50. The Kier molecular flexibility index (Phi) is 4.90. The van der Waals surface area contributed by atoms with Crippen LogP contribution in [0, 0.1) is 0 Å². The number of benzene rings is 1. The van der Waals surface area contributed by atoms with Crippen molar-refractivity contribution in [3.05, 3.63) is 41.0 Å². The van der Waals surface area contributed by atoms with Crippen LogP contribution in [0.2, 0.25) is 0 Å². The van der Waals surface area contributed by atoms with E-state index >= 15 is 0 Å². The molecule has 0 bridgehead atoms. The Bertz CT molecular complexity index is 702. The first kappa shape index (κ1) is 16.7. The Morgan fingerprint density at radius 1 is 1.17 bits per heavy atom. The van der Waals surface area contributed by atoms with Gasteiger partial charge in [-0.25, -0.2) is 12.7 Å². The average Bonchev–Trinajstić information content (AvgIpc) is 3.14. The van der Waals surface area contributed by atoms with Crippen LogP contribution in [0.1, 0.15) is 36.0 Å². The molecule has 5 heteroatoms. The van der Waals surface area contributed by atoms with Gasteiger partial charge in [-0.1, -0.05) is 24.3 Å². The summed E-state index contributed by atoms with van der Waals surface area (Å²) in [5, 5.41) is 0. The number of sulfonamides is 1. The first-order chi connectivity index (χ1) is 11.0. The van der Waals surface area contributed by atoms with Gasteiger partial charge in [0.05, 0.1) is 5.75 Å². The predicted molar refractivity (Wildman–Crippen MR) is 94.7 cm³/mol. The summed E-state index contributed by atoms with van der Waals surface area (Å²) in [5.41, 5.74) is 4.84. The van der Waals surface area contributed by atoms with Crippen molar-refractivity contribution < 1.29 is 8.42 Å². The van der Waals surface area contributed by atoms with Crippen LogP contribution in [0.15, 0.2) is 24.3 Å². The molecule has 1 heterocycles. The van der Waals surface area contributed by atoms with E-state index in [-0.39, 0.29) is 5.75 Å². The smallest absolute Gasteiger partial charge is 0.218 e. The molecule has 0 saturated carbocycles. The van der Waals surface area contributed by atoms with Crippen molar-refractivity contribution in [1.82, 2.24) is 9.21 Å². The number of fused-ring (bicyclic) bond motifs is 1. The summed E-state index contributed by atoms with van der Waals surface area (Å²) in [6.45, 7) is 2.38. The van der Waals surface area contributed by atoms with Gasteiger partial charge in [-0.3, -0.25) is 0 Å². The summed E-state index contributed by atoms with van der Waals surface area (Å²) < 4.78 is 26.6. The van der Waals surface area contributed by atoms with E-state index < -0.39 is 10.0 Å². The van der Waals surface area contributed by atoms with Gasteiger partial charge in [-0.05, 0) is 62.0 Å².